The van der Waals surface area contributed by atoms with E-state index in [0.717, 1.165) is 24.3 Å². The van der Waals surface area contributed by atoms with E-state index in [1.165, 1.54) is 16.7 Å². The number of nitrogens with one attached hydrogen (secondary N) is 1. The SMILES string of the molecule is NCCC1=CNc2ccc(OCc3ccccc3)cc2C1. The van der Waals surface area contributed by atoms with Crippen molar-refractivity contribution in [2.45, 2.75) is 19.4 Å². The summed E-state index contributed by atoms with van der Waals surface area (Å²) in [6, 6.07) is 16.4. The molecular weight excluding hydrogens is 260 g/mol. The van der Waals surface area contributed by atoms with Gasteiger partial charge in [0, 0.05) is 11.9 Å². The van der Waals surface area contributed by atoms with Crippen LogP contribution in [0.4, 0.5) is 5.69 Å². The number of fused-ring (bicyclic) bond motifs is 1. The topological polar surface area (TPSA) is 47.3 Å². The van der Waals surface area contributed by atoms with Gasteiger partial charge in [-0.25, -0.2) is 0 Å². The molecule has 0 atom stereocenters. The minimum atomic E-state index is 0.596. The van der Waals surface area contributed by atoms with Crippen molar-refractivity contribution in [1.82, 2.24) is 0 Å². The number of hydrogen-bond donors (Lipinski definition) is 2. The highest BCUT2D eigenvalue weighted by Crippen LogP contribution is 2.29. The van der Waals surface area contributed by atoms with Gasteiger partial charge in [-0.2, -0.15) is 0 Å². The summed E-state index contributed by atoms with van der Waals surface area (Å²) in [6.07, 6.45) is 3.95. The first-order valence-corrected chi connectivity index (χ1v) is 7.29. The van der Waals surface area contributed by atoms with Crippen LogP contribution >= 0.6 is 0 Å². The molecule has 3 nitrogen and oxygen atoms in total. The lowest BCUT2D eigenvalue weighted by Crippen LogP contribution is -2.09. The summed E-state index contributed by atoms with van der Waals surface area (Å²) < 4.78 is 5.88. The molecule has 0 fully saturated rings. The fraction of sp³-hybridized carbons (Fsp3) is 0.222. The van der Waals surface area contributed by atoms with Crippen molar-refractivity contribution in [1.29, 1.82) is 0 Å². The molecule has 0 radical (unpaired) electrons. The molecule has 0 unspecified atom stereocenters. The molecule has 1 aliphatic rings. The maximum absolute atomic E-state index is 5.88. The maximum Gasteiger partial charge on any atom is 0.120 e. The Balaban J connectivity index is 1.68. The highest BCUT2D eigenvalue weighted by molar-refractivity contribution is 5.59. The van der Waals surface area contributed by atoms with Crippen LogP contribution in [-0.4, -0.2) is 6.54 Å². The largest absolute Gasteiger partial charge is 0.489 e. The molecule has 0 aromatic heterocycles. The minimum Gasteiger partial charge on any atom is -0.489 e. The predicted molar refractivity (Wildman–Crippen MR) is 86.3 cm³/mol. The lowest BCUT2D eigenvalue weighted by Gasteiger charge is -2.19. The van der Waals surface area contributed by atoms with Crippen molar-refractivity contribution in [3.63, 3.8) is 0 Å². The molecule has 3 N–H and O–H groups in total. The Morgan fingerprint density at radius 2 is 1.95 bits per heavy atom. The molecule has 3 heteroatoms. The van der Waals surface area contributed by atoms with Crippen molar-refractivity contribution in [3.05, 3.63) is 71.4 Å². The van der Waals surface area contributed by atoms with Crippen LogP contribution in [0.1, 0.15) is 17.5 Å². The summed E-state index contributed by atoms with van der Waals surface area (Å²) in [5.74, 6) is 0.911. The Bertz CT molecular complexity index is 635. The molecule has 0 bridgehead atoms. The lowest BCUT2D eigenvalue weighted by atomic mass is 9.98. The van der Waals surface area contributed by atoms with E-state index in [2.05, 4.69) is 35.8 Å². The third kappa shape index (κ3) is 3.44. The third-order valence-corrected chi connectivity index (χ3v) is 3.64. The van der Waals surface area contributed by atoms with Crippen molar-refractivity contribution >= 4 is 5.69 Å². The molecule has 1 heterocycles. The van der Waals surface area contributed by atoms with Gasteiger partial charge in [-0.1, -0.05) is 30.3 Å². The maximum atomic E-state index is 5.88. The summed E-state index contributed by atoms with van der Waals surface area (Å²) >= 11 is 0. The fourth-order valence-corrected chi connectivity index (χ4v) is 2.51. The number of rotatable bonds is 5. The Morgan fingerprint density at radius 1 is 1.10 bits per heavy atom. The number of hydrogen-bond acceptors (Lipinski definition) is 3. The Morgan fingerprint density at radius 3 is 2.76 bits per heavy atom. The van der Waals surface area contributed by atoms with Gasteiger partial charge >= 0.3 is 0 Å². The standard InChI is InChI=1S/C18H20N2O/c19-9-8-15-10-16-11-17(6-7-18(16)20-12-15)21-13-14-4-2-1-3-5-14/h1-7,11-12,20H,8-10,13,19H2. The van der Waals surface area contributed by atoms with Crippen LogP contribution in [0.25, 0.3) is 0 Å². The second-order valence-corrected chi connectivity index (χ2v) is 5.26. The van der Waals surface area contributed by atoms with Gasteiger partial charge in [0.05, 0.1) is 0 Å². The molecule has 3 rings (SSSR count). The summed E-state index contributed by atoms with van der Waals surface area (Å²) in [7, 11) is 0. The summed E-state index contributed by atoms with van der Waals surface area (Å²) in [6.45, 7) is 1.28. The monoisotopic (exact) mass is 280 g/mol. The number of nitrogens with two attached hydrogens (primary N) is 1. The van der Waals surface area contributed by atoms with Crippen LogP contribution in [0.15, 0.2) is 60.3 Å². The smallest absolute Gasteiger partial charge is 0.120 e. The molecule has 0 spiro atoms. The minimum absolute atomic E-state index is 0.596. The average molecular weight is 280 g/mol. The summed E-state index contributed by atoms with van der Waals surface area (Å²) in [5.41, 5.74) is 10.6. The zero-order valence-corrected chi connectivity index (χ0v) is 12.0. The van der Waals surface area contributed by atoms with E-state index in [4.69, 9.17) is 10.5 Å². The highest BCUT2D eigenvalue weighted by Gasteiger charge is 2.11. The first-order valence-electron chi connectivity index (χ1n) is 7.29. The molecule has 0 amide bonds. The molecular formula is C18H20N2O. The van der Waals surface area contributed by atoms with Crippen molar-refractivity contribution in [2.75, 3.05) is 11.9 Å². The Hall–Kier alpha value is -2.26. The molecule has 1 aliphatic heterocycles. The van der Waals surface area contributed by atoms with E-state index < -0.39 is 0 Å². The van der Waals surface area contributed by atoms with Gasteiger partial charge in [0.15, 0.2) is 0 Å². The Kier molecular flexibility index (Phi) is 4.22. The van der Waals surface area contributed by atoms with Crippen LogP contribution in [0, 0.1) is 0 Å². The van der Waals surface area contributed by atoms with Crippen molar-refractivity contribution in [2.24, 2.45) is 5.73 Å². The Labute approximate surface area is 125 Å². The van der Waals surface area contributed by atoms with Gasteiger partial charge in [-0.3, -0.25) is 0 Å². The van der Waals surface area contributed by atoms with E-state index in [0.29, 0.717) is 13.2 Å². The van der Waals surface area contributed by atoms with Gasteiger partial charge < -0.3 is 15.8 Å². The van der Waals surface area contributed by atoms with Gasteiger partial charge in [0.2, 0.25) is 0 Å². The first-order chi connectivity index (χ1) is 10.3. The fourth-order valence-electron chi connectivity index (χ4n) is 2.51. The quantitative estimate of drug-likeness (QED) is 0.881. The van der Waals surface area contributed by atoms with E-state index >= 15 is 0 Å². The first kappa shape index (κ1) is 13.7. The number of benzene rings is 2. The molecule has 2 aromatic rings. The van der Waals surface area contributed by atoms with Crippen molar-refractivity contribution < 1.29 is 4.74 Å². The molecule has 108 valence electrons. The van der Waals surface area contributed by atoms with Crippen LogP contribution < -0.4 is 15.8 Å². The number of anilines is 1. The van der Waals surface area contributed by atoms with Crippen LogP contribution in [0.2, 0.25) is 0 Å². The van der Waals surface area contributed by atoms with Crippen LogP contribution in [0.3, 0.4) is 0 Å². The zero-order valence-electron chi connectivity index (χ0n) is 12.0. The summed E-state index contributed by atoms with van der Waals surface area (Å²) in [5, 5.41) is 3.33. The van der Waals surface area contributed by atoms with Gasteiger partial charge in [-0.15, -0.1) is 0 Å². The van der Waals surface area contributed by atoms with Crippen LogP contribution in [0.5, 0.6) is 5.75 Å². The predicted octanol–water partition coefficient (Wildman–Crippen LogP) is 3.47. The zero-order chi connectivity index (χ0) is 14.5. The summed E-state index contributed by atoms with van der Waals surface area (Å²) in [4.78, 5) is 0. The van der Waals surface area contributed by atoms with Crippen LogP contribution in [-0.2, 0) is 13.0 Å². The van der Waals surface area contributed by atoms with Crippen molar-refractivity contribution in [3.8, 4) is 5.75 Å². The lowest BCUT2D eigenvalue weighted by molar-refractivity contribution is 0.306. The van der Waals surface area contributed by atoms with E-state index in [-0.39, 0.29) is 0 Å². The second-order valence-electron chi connectivity index (χ2n) is 5.26. The average Bonchev–Trinajstić information content (AvgIpc) is 2.54. The molecule has 0 saturated carbocycles. The van der Waals surface area contributed by atoms with Gasteiger partial charge in [0.1, 0.15) is 12.4 Å². The van der Waals surface area contributed by atoms with E-state index in [9.17, 15) is 0 Å². The van der Waals surface area contributed by atoms with Gasteiger partial charge in [0.25, 0.3) is 0 Å². The molecule has 0 aliphatic carbocycles. The molecule has 2 aromatic carbocycles. The molecule has 0 saturated heterocycles. The van der Waals surface area contributed by atoms with E-state index in [1.807, 2.05) is 24.3 Å². The van der Waals surface area contributed by atoms with Gasteiger partial charge in [-0.05, 0) is 54.3 Å². The normalized spacial score (nSPS) is 13.1. The second kappa shape index (κ2) is 6.46. The molecule has 21 heavy (non-hydrogen) atoms. The highest BCUT2D eigenvalue weighted by atomic mass is 16.5. The third-order valence-electron chi connectivity index (χ3n) is 3.64. The number of ether oxygens (including phenoxy) is 1. The van der Waals surface area contributed by atoms with E-state index in [1.54, 1.807) is 0 Å².